The van der Waals surface area contributed by atoms with Crippen LogP contribution in [0.15, 0.2) is 0 Å². The van der Waals surface area contributed by atoms with E-state index in [1.807, 2.05) is 0 Å². The molecule has 2 heteroatoms. The van der Waals surface area contributed by atoms with E-state index in [0.717, 1.165) is 25.7 Å². The Balaban J connectivity index is 1.66. The van der Waals surface area contributed by atoms with Gasteiger partial charge in [0.25, 0.3) is 0 Å². The molecular weight excluding hydrogens is 246 g/mol. The monoisotopic (exact) mass is 279 g/mol. The van der Waals surface area contributed by atoms with Crippen LogP contribution in [0.1, 0.15) is 84.0 Å². The van der Waals surface area contributed by atoms with Crippen LogP contribution in [0.2, 0.25) is 0 Å². The van der Waals surface area contributed by atoms with Crippen molar-refractivity contribution >= 4 is 5.78 Å². The van der Waals surface area contributed by atoms with Gasteiger partial charge in [0.1, 0.15) is 5.78 Å². The molecule has 2 saturated heterocycles. The number of rotatable bonds is 8. The number of Topliss-reactive ketones (excluding diaryl/α,β-unsaturated/α-hetero) is 1. The second-order valence-corrected chi connectivity index (χ2v) is 7.06. The lowest BCUT2D eigenvalue weighted by molar-refractivity contribution is -0.126. The molecule has 0 aromatic carbocycles. The van der Waals surface area contributed by atoms with E-state index in [1.54, 1.807) is 0 Å². The number of fused-ring (bicyclic) bond motifs is 2. The molecular formula is C18H33NO. The Bertz CT molecular complexity index is 288. The van der Waals surface area contributed by atoms with E-state index in [4.69, 9.17) is 0 Å². The average molecular weight is 279 g/mol. The first-order valence-corrected chi connectivity index (χ1v) is 8.97. The van der Waals surface area contributed by atoms with Gasteiger partial charge >= 0.3 is 0 Å². The molecule has 2 heterocycles. The predicted molar refractivity (Wildman–Crippen MR) is 84.9 cm³/mol. The molecule has 2 bridgehead atoms. The molecule has 2 unspecified atom stereocenters. The highest BCUT2D eigenvalue weighted by Crippen LogP contribution is 2.36. The van der Waals surface area contributed by atoms with E-state index >= 15 is 0 Å². The first-order valence-electron chi connectivity index (χ1n) is 8.97. The van der Waals surface area contributed by atoms with Crippen LogP contribution in [0, 0.1) is 5.92 Å². The second-order valence-electron chi connectivity index (χ2n) is 7.06. The fraction of sp³-hybridized carbons (Fsp3) is 0.944. The molecule has 116 valence electrons. The van der Waals surface area contributed by atoms with Crippen molar-refractivity contribution in [3.63, 3.8) is 0 Å². The topological polar surface area (TPSA) is 20.3 Å². The normalized spacial score (nSPS) is 30.4. The maximum atomic E-state index is 12.4. The Kier molecular flexibility index (Phi) is 6.54. The summed E-state index contributed by atoms with van der Waals surface area (Å²) in [5.41, 5.74) is 0. The fourth-order valence-electron chi connectivity index (χ4n) is 4.16. The summed E-state index contributed by atoms with van der Waals surface area (Å²) in [7, 11) is 2.27. The molecule has 0 amide bonds. The lowest BCUT2D eigenvalue weighted by Gasteiger charge is -2.46. The molecule has 2 fully saturated rings. The third kappa shape index (κ3) is 4.31. The molecule has 2 rings (SSSR count). The van der Waals surface area contributed by atoms with Gasteiger partial charge in [-0.25, -0.2) is 0 Å². The van der Waals surface area contributed by atoms with Crippen molar-refractivity contribution in [2.75, 3.05) is 7.05 Å². The Morgan fingerprint density at radius 1 is 1.00 bits per heavy atom. The molecule has 0 aliphatic carbocycles. The van der Waals surface area contributed by atoms with Crippen molar-refractivity contribution in [2.45, 2.75) is 96.1 Å². The van der Waals surface area contributed by atoms with Crippen LogP contribution in [-0.4, -0.2) is 29.8 Å². The molecule has 0 N–H and O–H groups in total. The van der Waals surface area contributed by atoms with Crippen molar-refractivity contribution in [1.82, 2.24) is 4.90 Å². The van der Waals surface area contributed by atoms with Crippen LogP contribution in [0.3, 0.4) is 0 Å². The first kappa shape index (κ1) is 16.0. The number of carbonyl (C=O) groups excluding carboxylic acids is 1. The number of carbonyl (C=O) groups is 1. The van der Waals surface area contributed by atoms with E-state index in [1.165, 1.54) is 51.4 Å². The van der Waals surface area contributed by atoms with Crippen LogP contribution < -0.4 is 0 Å². The van der Waals surface area contributed by atoms with Gasteiger partial charge in [0.05, 0.1) is 0 Å². The molecule has 2 nitrogen and oxygen atoms in total. The van der Waals surface area contributed by atoms with E-state index in [9.17, 15) is 4.79 Å². The third-order valence-corrected chi connectivity index (χ3v) is 5.57. The van der Waals surface area contributed by atoms with E-state index in [0.29, 0.717) is 23.8 Å². The number of hydrogen-bond acceptors (Lipinski definition) is 2. The summed E-state index contributed by atoms with van der Waals surface area (Å²) >= 11 is 0. The maximum Gasteiger partial charge on any atom is 0.136 e. The summed E-state index contributed by atoms with van der Waals surface area (Å²) in [6.45, 7) is 2.25. The Morgan fingerprint density at radius 2 is 1.60 bits per heavy atom. The highest BCUT2D eigenvalue weighted by Gasteiger charge is 2.38. The smallest absolute Gasteiger partial charge is 0.136 e. The van der Waals surface area contributed by atoms with E-state index < -0.39 is 0 Å². The molecule has 0 radical (unpaired) electrons. The van der Waals surface area contributed by atoms with Gasteiger partial charge in [-0.15, -0.1) is 0 Å². The molecule has 0 saturated carbocycles. The van der Waals surface area contributed by atoms with E-state index in [2.05, 4.69) is 18.9 Å². The summed E-state index contributed by atoms with van der Waals surface area (Å²) in [6, 6.07) is 1.39. The van der Waals surface area contributed by atoms with Crippen molar-refractivity contribution in [2.24, 2.45) is 5.92 Å². The fourth-order valence-corrected chi connectivity index (χ4v) is 4.16. The summed E-state index contributed by atoms with van der Waals surface area (Å²) in [6.07, 6.45) is 14.8. The van der Waals surface area contributed by atoms with Gasteiger partial charge in [-0.3, -0.25) is 4.79 Å². The Hall–Kier alpha value is -0.370. The highest BCUT2D eigenvalue weighted by molar-refractivity contribution is 5.81. The van der Waals surface area contributed by atoms with Gasteiger partial charge in [-0.2, -0.15) is 0 Å². The number of nitrogens with zero attached hydrogens (tertiary/aromatic N) is 1. The van der Waals surface area contributed by atoms with Gasteiger partial charge in [0.2, 0.25) is 0 Å². The van der Waals surface area contributed by atoms with Crippen LogP contribution in [0.5, 0.6) is 0 Å². The molecule has 0 aromatic rings. The van der Waals surface area contributed by atoms with Crippen molar-refractivity contribution in [1.29, 1.82) is 0 Å². The van der Waals surface area contributed by atoms with Crippen LogP contribution >= 0.6 is 0 Å². The zero-order chi connectivity index (χ0) is 14.4. The van der Waals surface area contributed by atoms with Crippen LogP contribution in [-0.2, 0) is 4.79 Å². The Morgan fingerprint density at radius 3 is 2.25 bits per heavy atom. The minimum absolute atomic E-state index is 0.386. The number of unbranched alkanes of at least 4 members (excludes halogenated alkanes) is 5. The van der Waals surface area contributed by atoms with Crippen molar-refractivity contribution in [3.05, 3.63) is 0 Å². The average Bonchev–Trinajstić information content (AvgIpc) is 2.42. The molecule has 2 aliphatic rings. The maximum absolute atomic E-state index is 12.4. The number of piperidine rings is 2. The molecule has 2 atom stereocenters. The zero-order valence-electron chi connectivity index (χ0n) is 13.6. The first-order chi connectivity index (χ1) is 9.72. The predicted octanol–water partition coefficient (Wildman–Crippen LogP) is 4.57. The minimum atomic E-state index is 0.386. The van der Waals surface area contributed by atoms with Gasteiger partial charge in [-0.1, -0.05) is 45.4 Å². The standard InChI is InChI=1S/C18H33NO/c1-3-4-5-6-7-8-12-18(20)15-13-16-10-9-11-17(14-15)19(16)2/h15-17H,3-14H2,1-2H3. The SMILES string of the molecule is CCCCCCCCC(=O)C1CC2CCCC(C1)N2C. The number of hydrogen-bond donors (Lipinski definition) is 0. The van der Waals surface area contributed by atoms with Gasteiger partial charge < -0.3 is 4.90 Å². The second kappa shape index (κ2) is 8.17. The lowest BCUT2D eigenvalue weighted by atomic mass is 9.76. The zero-order valence-corrected chi connectivity index (χ0v) is 13.6. The van der Waals surface area contributed by atoms with Crippen LogP contribution in [0.4, 0.5) is 0 Å². The summed E-state index contributed by atoms with van der Waals surface area (Å²) < 4.78 is 0. The van der Waals surface area contributed by atoms with Gasteiger partial charge in [0.15, 0.2) is 0 Å². The summed E-state index contributed by atoms with van der Waals surface area (Å²) in [5, 5.41) is 0. The highest BCUT2D eigenvalue weighted by atomic mass is 16.1. The van der Waals surface area contributed by atoms with Gasteiger partial charge in [-0.05, 0) is 39.2 Å². The van der Waals surface area contributed by atoms with Crippen molar-refractivity contribution < 1.29 is 4.79 Å². The van der Waals surface area contributed by atoms with Crippen LogP contribution in [0.25, 0.3) is 0 Å². The summed E-state index contributed by atoms with van der Waals surface area (Å²) in [5.74, 6) is 0.961. The van der Waals surface area contributed by atoms with Crippen molar-refractivity contribution in [3.8, 4) is 0 Å². The lowest BCUT2D eigenvalue weighted by Crippen LogP contribution is -2.51. The number of ketones is 1. The Labute approximate surface area is 125 Å². The largest absolute Gasteiger partial charge is 0.300 e. The third-order valence-electron chi connectivity index (χ3n) is 5.57. The summed E-state index contributed by atoms with van der Waals surface area (Å²) in [4.78, 5) is 15.0. The van der Waals surface area contributed by atoms with Gasteiger partial charge in [0, 0.05) is 24.4 Å². The molecule has 0 aromatic heterocycles. The van der Waals surface area contributed by atoms with E-state index in [-0.39, 0.29) is 0 Å². The molecule has 2 aliphatic heterocycles. The minimum Gasteiger partial charge on any atom is -0.300 e. The quantitative estimate of drug-likeness (QED) is 0.607. The molecule has 20 heavy (non-hydrogen) atoms. The molecule has 0 spiro atoms.